The summed E-state index contributed by atoms with van der Waals surface area (Å²) in [6, 6.07) is 21.3. The SMILES string of the molecule is CN(C)CCCNc1cc(Nc2ccccc2C#N)nc(-c2ccccc2)n1. The second kappa shape index (κ2) is 9.49. The third-order valence-corrected chi connectivity index (χ3v) is 4.16. The summed E-state index contributed by atoms with van der Waals surface area (Å²) in [5.41, 5.74) is 2.24. The number of nitrogens with zero attached hydrogens (tertiary/aromatic N) is 4. The molecule has 0 atom stereocenters. The third kappa shape index (κ3) is 5.29. The fourth-order valence-electron chi connectivity index (χ4n) is 2.76. The highest BCUT2D eigenvalue weighted by atomic mass is 15.1. The highest BCUT2D eigenvalue weighted by Crippen LogP contribution is 2.24. The van der Waals surface area contributed by atoms with Crippen molar-refractivity contribution in [1.29, 1.82) is 5.26 Å². The molecule has 3 rings (SSSR count). The van der Waals surface area contributed by atoms with Gasteiger partial charge in [0.2, 0.25) is 0 Å². The lowest BCUT2D eigenvalue weighted by Gasteiger charge is -2.13. The van der Waals surface area contributed by atoms with Crippen LogP contribution in [0.25, 0.3) is 11.4 Å². The van der Waals surface area contributed by atoms with Crippen molar-refractivity contribution in [2.75, 3.05) is 37.8 Å². The van der Waals surface area contributed by atoms with E-state index in [9.17, 15) is 5.26 Å². The first-order chi connectivity index (χ1) is 13.7. The number of rotatable bonds is 8. The zero-order valence-electron chi connectivity index (χ0n) is 16.2. The molecule has 0 radical (unpaired) electrons. The van der Waals surface area contributed by atoms with Gasteiger partial charge in [0.15, 0.2) is 5.82 Å². The minimum Gasteiger partial charge on any atom is -0.370 e. The van der Waals surface area contributed by atoms with Crippen LogP contribution in [0.4, 0.5) is 17.3 Å². The number of nitriles is 1. The Morgan fingerprint density at radius 1 is 0.964 bits per heavy atom. The van der Waals surface area contributed by atoms with Crippen LogP contribution >= 0.6 is 0 Å². The van der Waals surface area contributed by atoms with Gasteiger partial charge >= 0.3 is 0 Å². The smallest absolute Gasteiger partial charge is 0.163 e. The molecule has 0 aliphatic heterocycles. The van der Waals surface area contributed by atoms with Crippen LogP contribution in [0, 0.1) is 11.3 Å². The Morgan fingerprint density at radius 2 is 1.68 bits per heavy atom. The van der Waals surface area contributed by atoms with Crippen LogP contribution in [-0.2, 0) is 0 Å². The molecule has 2 aromatic carbocycles. The van der Waals surface area contributed by atoms with Gasteiger partial charge in [-0.2, -0.15) is 5.26 Å². The van der Waals surface area contributed by atoms with Gasteiger partial charge in [0.25, 0.3) is 0 Å². The Balaban J connectivity index is 1.88. The van der Waals surface area contributed by atoms with Crippen LogP contribution in [0.15, 0.2) is 60.7 Å². The lowest BCUT2D eigenvalue weighted by Crippen LogP contribution is -2.16. The van der Waals surface area contributed by atoms with E-state index in [0.717, 1.165) is 36.6 Å². The third-order valence-electron chi connectivity index (χ3n) is 4.16. The molecule has 1 heterocycles. The zero-order chi connectivity index (χ0) is 19.8. The van der Waals surface area contributed by atoms with Gasteiger partial charge in [0, 0.05) is 18.2 Å². The highest BCUT2D eigenvalue weighted by molar-refractivity contribution is 5.68. The Labute approximate surface area is 165 Å². The van der Waals surface area contributed by atoms with Crippen molar-refractivity contribution in [2.24, 2.45) is 0 Å². The quantitative estimate of drug-likeness (QED) is 0.579. The van der Waals surface area contributed by atoms with E-state index in [2.05, 4.69) is 45.7 Å². The number of benzene rings is 2. The largest absolute Gasteiger partial charge is 0.370 e. The predicted octanol–water partition coefficient (Wildman–Crippen LogP) is 4.12. The van der Waals surface area contributed by atoms with Crippen LogP contribution in [0.5, 0.6) is 0 Å². The molecule has 0 bridgehead atoms. The molecular formula is C22H24N6. The van der Waals surface area contributed by atoms with Crippen LogP contribution in [0.1, 0.15) is 12.0 Å². The van der Waals surface area contributed by atoms with E-state index in [0.29, 0.717) is 17.2 Å². The van der Waals surface area contributed by atoms with E-state index in [1.807, 2.05) is 54.6 Å². The maximum absolute atomic E-state index is 9.33. The van der Waals surface area contributed by atoms with Crippen molar-refractivity contribution in [3.05, 3.63) is 66.2 Å². The zero-order valence-corrected chi connectivity index (χ0v) is 16.2. The minimum atomic E-state index is 0.572. The number of hydrogen-bond acceptors (Lipinski definition) is 6. The lowest BCUT2D eigenvalue weighted by atomic mass is 10.2. The molecule has 0 saturated heterocycles. The first kappa shape index (κ1) is 19.3. The first-order valence-electron chi connectivity index (χ1n) is 9.25. The van der Waals surface area contributed by atoms with E-state index in [1.54, 1.807) is 6.07 Å². The second-order valence-electron chi connectivity index (χ2n) is 6.69. The Hall–Kier alpha value is -3.43. The predicted molar refractivity (Wildman–Crippen MR) is 114 cm³/mol. The van der Waals surface area contributed by atoms with Crippen LogP contribution in [0.3, 0.4) is 0 Å². The molecule has 0 saturated carbocycles. The monoisotopic (exact) mass is 372 g/mol. The van der Waals surface area contributed by atoms with Gasteiger partial charge in [-0.3, -0.25) is 0 Å². The fraction of sp³-hybridized carbons (Fsp3) is 0.227. The molecule has 1 aromatic heterocycles. The standard InChI is InChI=1S/C22H24N6/c1-28(2)14-8-13-24-20-15-21(25-19-12-7-6-11-18(19)16-23)27-22(26-20)17-9-4-3-5-10-17/h3-7,9-12,15H,8,13-14H2,1-2H3,(H2,24,25,26,27). The van der Waals surface area contributed by atoms with Crippen molar-refractivity contribution < 1.29 is 0 Å². The topological polar surface area (TPSA) is 76.9 Å². The van der Waals surface area contributed by atoms with Gasteiger partial charge in [0.1, 0.15) is 17.7 Å². The first-order valence-corrected chi connectivity index (χ1v) is 9.25. The normalized spacial score (nSPS) is 10.5. The van der Waals surface area contributed by atoms with Crippen LogP contribution < -0.4 is 10.6 Å². The second-order valence-corrected chi connectivity index (χ2v) is 6.69. The van der Waals surface area contributed by atoms with Crippen molar-refractivity contribution in [1.82, 2.24) is 14.9 Å². The van der Waals surface area contributed by atoms with Crippen molar-refractivity contribution in [3.63, 3.8) is 0 Å². The van der Waals surface area contributed by atoms with Gasteiger partial charge in [-0.15, -0.1) is 0 Å². The van der Waals surface area contributed by atoms with E-state index in [-0.39, 0.29) is 0 Å². The van der Waals surface area contributed by atoms with Gasteiger partial charge in [-0.25, -0.2) is 9.97 Å². The molecule has 6 nitrogen and oxygen atoms in total. The summed E-state index contributed by atoms with van der Waals surface area (Å²) in [4.78, 5) is 11.5. The Morgan fingerprint density at radius 3 is 2.43 bits per heavy atom. The van der Waals surface area contributed by atoms with E-state index < -0.39 is 0 Å². The molecule has 0 aliphatic rings. The lowest BCUT2D eigenvalue weighted by molar-refractivity contribution is 0.405. The maximum atomic E-state index is 9.33. The summed E-state index contributed by atoms with van der Waals surface area (Å²) >= 11 is 0. The summed E-state index contributed by atoms with van der Waals surface area (Å²) < 4.78 is 0. The number of hydrogen-bond donors (Lipinski definition) is 2. The number of nitrogens with one attached hydrogen (secondary N) is 2. The highest BCUT2D eigenvalue weighted by Gasteiger charge is 2.09. The molecule has 6 heteroatoms. The van der Waals surface area contributed by atoms with Crippen LogP contribution in [0.2, 0.25) is 0 Å². The van der Waals surface area contributed by atoms with Gasteiger partial charge in [-0.1, -0.05) is 42.5 Å². The van der Waals surface area contributed by atoms with Crippen molar-refractivity contribution >= 4 is 17.3 Å². The number of anilines is 3. The van der Waals surface area contributed by atoms with Crippen molar-refractivity contribution in [3.8, 4) is 17.5 Å². The summed E-state index contributed by atoms with van der Waals surface area (Å²) in [6.45, 7) is 1.82. The summed E-state index contributed by atoms with van der Waals surface area (Å²) in [6.07, 6.45) is 1.01. The molecule has 0 unspecified atom stereocenters. The number of para-hydroxylation sites is 1. The molecule has 2 N–H and O–H groups in total. The summed E-state index contributed by atoms with van der Waals surface area (Å²) in [7, 11) is 4.12. The van der Waals surface area contributed by atoms with E-state index in [4.69, 9.17) is 0 Å². The molecule has 0 amide bonds. The average Bonchev–Trinajstić information content (AvgIpc) is 2.72. The molecule has 0 spiro atoms. The Bertz CT molecular complexity index is 947. The van der Waals surface area contributed by atoms with E-state index >= 15 is 0 Å². The summed E-state index contributed by atoms with van der Waals surface area (Å²) in [5, 5.41) is 16.0. The van der Waals surface area contributed by atoms with Crippen LogP contribution in [-0.4, -0.2) is 42.1 Å². The molecule has 142 valence electrons. The maximum Gasteiger partial charge on any atom is 0.163 e. The van der Waals surface area contributed by atoms with Crippen molar-refractivity contribution in [2.45, 2.75) is 6.42 Å². The number of aromatic nitrogens is 2. The minimum absolute atomic E-state index is 0.572. The molecule has 0 aliphatic carbocycles. The van der Waals surface area contributed by atoms with Gasteiger partial charge in [0.05, 0.1) is 11.3 Å². The average molecular weight is 372 g/mol. The summed E-state index contributed by atoms with van der Waals surface area (Å²) in [5.74, 6) is 2.03. The van der Waals surface area contributed by atoms with E-state index in [1.165, 1.54) is 0 Å². The molecule has 0 fully saturated rings. The van der Waals surface area contributed by atoms with Gasteiger partial charge in [-0.05, 0) is 39.2 Å². The molecular weight excluding hydrogens is 348 g/mol. The Kier molecular flexibility index (Phi) is 6.55. The molecule has 28 heavy (non-hydrogen) atoms. The fourth-order valence-corrected chi connectivity index (χ4v) is 2.76. The van der Waals surface area contributed by atoms with Gasteiger partial charge < -0.3 is 15.5 Å². The molecule has 3 aromatic rings.